The molecule has 0 aliphatic heterocycles. The van der Waals surface area contributed by atoms with Gasteiger partial charge in [-0.1, -0.05) is 26.0 Å². The van der Waals surface area contributed by atoms with Crippen LogP contribution in [0.5, 0.6) is 5.75 Å². The molecule has 1 aromatic carbocycles. The van der Waals surface area contributed by atoms with E-state index in [1.54, 1.807) is 24.3 Å². The monoisotopic (exact) mass is 419 g/mol. The van der Waals surface area contributed by atoms with E-state index in [1.807, 2.05) is 32.7 Å². The van der Waals surface area contributed by atoms with Crippen molar-refractivity contribution < 1.29 is 17.9 Å². The number of ether oxygens (including phenoxy) is 1. The van der Waals surface area contributed by atoms with Crippen LogP contribution >= 0.6 is 0 Å². The second kappa shape index (κ2) is 11.0. The van der Waals surface area contributed by atoms with Gasteiger partial charge in [0.05, 0.1) is 18.1 Å². The van der Waals surface area contributed by atoms with E-state index >= 15 is 0 Å². The Bertz CT molecular complexity index is 938. The van der Waals surface area contributed by atoms with Crippen molar-refractivity contribution in [2.45, 2.75) is 27.4 Å². The summed E-state index contributed by atoms with van der Waals surface area (Å²) in [6.07, 6.45) is 2.66. The third-order valence-electron chi connectivity index (χ3n) is 4.04. The summed E-state index contributed by atoms with van der Waals surface area (Å²) >= 11 is 0. The molecule has 0 aliphatic carbocycles. The maximum Gasteiger partial charge on any atom is 0.387 e. The Balaban J connectivity index is 0.00000155. The number of pyridine rings is 1. The lowest BCUT2D eigenvalue weighted by Gasteiger charge is -2.17. The van der Waals surface area contributed by atoms with Crippen LogP contribution in [-0.2, 0) is 0 Å². The minimum absolute atomic E-state index is 0.0607. The molecule has 1 N–H and O–H groups in total. The van der Waals surface area contributed by atoms with Crippen LogP contribution in [0.1, 0.15) is 20.8 Å². The van der Waals surface area contributed by atoms with Crippen LogP contribution in [0.25, 0.3) is 11.1 Å². The molecule has 0 radical (unpaired) electrons. The predicted molar refractivity (Wildman–Crippen MR) is 112 cm³/mol. The molecule has 0 saturated carbocycles. The molecule has 9 heteroatoms. The Morgan fingerprint density at radius 1 is 1.07 bits per heavy atom. The zero-order valence-electron chi connectivity index (χ0n) is 17.2. The molecule has 0 unspecified atom stereocenters. The van der Waals surface area contributed by atoms with Crippen molar-refractivity contribution in [3.63, 3.8) is 0 Å². The van der Waals surface area contributed by atoms with Crippen molar-refractivity contribution in [2.75, 3.05) is 23.8 Å². The first kappa shape index (κ1) is 22.9. The summed E-state index contributed by atoms with van der Waals surface area (Å²) < 4.78 is 43.0. The van der Waals surface area contributed by atoms with E-state index in [4.69, 9.17) is 0 Å². The lowest BCUT2D eigenvalue weighted by Crippen LogP contribution is -2.17. The van der Waals surface area contributed by atoms with Gasteiger partial charge in [0.25, 0.3) is 0 Å². The van der Waals surface area contributed by atoms with E-state index in [2.05, 4.69) is 25.2 Å². The standard InChI is InChI=1S/C19H18F3N5O.C2H6/c1-3-27(2)18-9-16(15(20)11-23-18)25-17-8-13(10-24-26-17)12-4-6-14(7-5-12)28-19(21)22;1-2/h4-11,19H,3H2,1-2H3,(H,23,25,26);1-2H3. The van der Waals surface area contributed by atoms with Crippen LogP contribution in [0.3, 0.4) is 0 Å². The third kappa shape index (κ3) is 6.07. The number of halogens is 3. The SMILES string of the molecule is CC.CCN(C)c1cc(Nc2cc(-c3ccc(OC(F)F)cc3)cnn2)c(F)cn1. The molecule has 0 amide bonds. The predicted octanol–water partition coefficient (Wildman–Crippen LogP) is 5.51. The first-order valence-corrected chi connectivity index (χ1v) is 9.48. The van der Waals surface area contributed by atoms with Crippen LogP contribution in [0.15, 0.2) is 48.8 Å². The second-order valence-electron chi connectivity index (χ2n) is 5.89. The second-order valence-corrected chi connectivity index (χ2v) is 5.89. The van der Waals surface area contributed by atoms with Gasteiger partial charge in [0.1, 0.15) is 11.6 Å². The number of nitrogens with one attached hydrogen (secondary N) is 1. The maximum absolute atomic E-state index is 14.1. The molecule has 30 heavy (non-hydrogen) atoms. The lowest BCUT2D eigenvalue weighted by atomic mass is 10.1. The molecule has 2 heterocycles. The average molecular weight is 419 g/mol. The fourth-order valence-electron chi connectivity index (χ4n) is 2.45. The molecular weight excluding hydrogens is 395 g/mol. The maximum atomic E-state index is 14.1. The first-order valence-electron chi connectivity index (χ1n) is 9.48. The molecule has 3 rings (SSSR count). The van der Waals surface area contributed by atoms with Crippen molar-refractivity contribution in [1.82, 2.24) is 15.2 Å². The molecule has 0 aliphatic rings. The van der Waals surface area contributed by atoms with Gasteiger partial charge in [0, 0.05) is 25.2 Å². The summed E-state index contributed by atoms with van der Waals surface area (Å²) in [6, 6.07) is 9.39. The van der Waals surface area contributed by atoms with E-state index < -0.39 is 12.4 Å². The number of benzene rings is 1. The van der Waals surface area contributed by atoms with Gasteiger partial charge >= 0.3 is 6.61 Å². The van der Waals surface area contributed by atoms with Crippen molar-refractivity contribution in [3.05, 3.63) is 54.6 Å². The van der Waals surface area contributed by atoms with Gasteiger partial charge < -0.3 is 15.0 Å². The number of anilines is 3. The minimum atomic E-state index is -2.88. The highest BCUT2D eigenvalue weighted by atomic mass is 19.3. The van der Waals surface area contributed by atoms with E-state index in [0.717, 1.165) is 18.3 Å². The molecule has 0 bridgehead atoms. The molecule has 0 saturated heterocycles. The summed E-state index contributed by atoms with van der Waals surface area (Å²) in [5.41, 5.74) is 1.63. The topological polar surface area (TPSA) is 63.2 Å². The molecule has 0 spiro atoms. The highest BCUT2D eigenvalue weighted by Gasteiger charge is 2.10. The molecule has 0 fully saturated rings. The molecule has 0 atom stereocenters. The van der Waals surface area contributed by atoms with Gasteiger partial charge in [-0.3, -0.25) is 0 Å². The molecule has 160 valence electrons. The Hall–Kier alpha value is -3.36. The lowest BCUT2D eigenvalue weighted by molar-refractivity contribution is -0.0498. The molecule has 2 aromatic heterocycles. The normalized spacial score (nSPS) is 10.3. The number of alkyl halides is 2. The fraction of sp³-hybridized carbons (Fsp3) is 0.286. The number of nitrogens with zero attached hydrogens (tertiary/aromatic N) is 4. The average Bonchev–Trinajstić information content (AvgIpc) is 2.76. The van der Waals surface area contributed by atoms with Crippen LogP contribution in [0.2, 0.25) is 0 Å². The van der Waals surface area contributed by atoms with Crippen LogP contribution in [0, 0.1) is 5.82 Å². The van der Waals surface area contributed by atoms with Gasteiger partial charge in [0.15, 0.2) is 11.6 Å². The van der Waals surface area contributed by atoms with Gasteiger partial charge in [-0.25, -0.2) is 9.37 Å². The zero-order chi connectivity index (χ0) is 22.1. The molecule has 3 aromatic rings. The van der Waals surface area contributed by atoms with Crippen molar-refractivity contribution in [3.8, 4) is 16.9 Å². The summed E-state index contributed by atoms with van der Waals surface area (Å²) in [7, 11) is 1.85. The van der Waals surface area contributed by atoms with Crippen molar-refractivity contribution in [2.24, 2.45) is 0 Å². The largest absolute Gasteiger partial charge is 0.435 e. The van der Waals surface area contributed by atoms with E-state index in [9.17, 15) is 13.2 Å². The number of aromatic nitrogens is 3. The quantitative estimate of drug-likeness (QED) is 0.545. The summed E-state index contributed by atoms with van der Waals surface area (Å²) in [4.78, 5) is 5.93. The van der Waals surface area contributed by atoms with Crippen LogP contribution < -0.4 is 15.0 Å². The summed E-state index contributed by atoms with van der Waals surface area (Å²) in [5, 5.41) is 10.8. The molecule has 6 nitrogen and oxygen atoms in total. The van der Waals surface area contributed by atoms with Crippen molar-refractivity contribution >= 4 is 17.3 Å². The van der Waals surface area contributed by atoms with E-state index in [-0.39, 0.29) is 11.4 Å². The van der Waals surface area contributed by atoms with E-state index in [0.29, 0.717) is 17.2 Å². The van der Waals surface area contributed by atoms with Crippen molar-refractivity contribution in [1.29, 1.82) is 0 Å². The fourth-order valence-corrected chi connectivity index (χ4v) is 2.45. The highest BCUT2D eigenvalue weighted by Crippen LogP contribution is 2.26. The van der Waals surface area contributed by atoms with Gasteiger partial charge in [-0.15, -0.1) is 5.10 Å². The Labute approximate surface area is 173 Å². The van der Waals surface area contributed by atoms with E-state index in [1.165, 1.54) is 18.3 Å². The molecular formula is C21H24F3N5O. The van der Waals surface area contributed by atoms with Gasteiger partial charge in [-0.2, -0.15) is 13.9 Å². The number of rotatable bonds is 7. The van der Waals surface area contributed by atoms with Crippen LogP contribution in [0.4, 0.5) is 30.5 Å². The van der Waals surface area contributed by atoms with Crippen LogP contribution in [-0.4, -0.2) is 35.4 Å². The van der Waals surface area contributed by atoms with Gasteiger partial charge in [-0.05, 0) is 30.7 Å². The minimum Gasteiger partial charge on any atom is -0.435 e. The summed E-state index contributed by atoms with van der Waals surface area (Å²) in [6.45, 7) is 3.81. The smallest absolute Gasteiger partial charge is 0.387 e. The Morgan fingerprint density at radius 3 is 2.40 bits per heavy atom. The number of hydrogen-bond donors (Lipinski definition) is 1. The highest BCUT2D eigenvalue weighted by molar-refractivity contribution is 5.69. The third-order valence-corrected chi connectivity index (χ3v) is 4.04. The number of hydrogen-bond acceptors (Lipinski definition) is 6. The zero-order valence-corrected chi connectivity index (χ0v) is 17.2. The summed E-state index contributed by atoms with van der Waals surface area (Å²) in [5.74, 6) is 0.491. The first-order chi connectivity index (χ1) is 14.5. The Morgan fingerprint density at radius 2 is 1.77 bits per heavy atom. The Kier molecular flexibility index (Phi) is 8.40. The van der Waals surface area contributed by atoms with Gasteiger partial charge in [0.2, 0.25) is 0 Å².